The van der Waals surface area contributed by atoms with E-state index in [4.69, 9.17) is 0 Å². The Balaban J connectivity index is 1.66. The molecule has 1 nitrogen and oxygen atoms in total. The highest BCUT2D eigenvalue weighted by Crippen LogP contribution is 2.47. The summed E-state index contributed by atoms with van der Waals surface area (Å²) in [7, 11) is 0. The monoisotopic (exact) mass is 236 g/mol. The SMILES string of the molecule is OC1(Cc2cccs2)CCCC(C2CC2)C1. The summed E-state index contributed by atoms with van der Waals surface area (Å²) in [6.45, 7) is 0. The minimum Gasteiger partial charge on any atom is -0.390 e. The van der Waals surface area contributed by atoms with Gasteiger partial charge in [0, 0.05) is 11.3 Å². The van der Waals surface area contributed by atoms with Crippen molar-refractivity contribution < 1.29 is 5.11 Å². The number of aliphatic hydroxyl groups is 1. The summed E-state index contributed by atoms with van der Waals surface area (Å²) in [5.41, 5.74) is -0.392. The van der Waals surface area contributed by atoms with Crippen LogP contribution < -0.4 is 0 Å². The van der Waals surface area contributed by atoms with Crippen molar-refractivity contribution in [3.05, 3.63) is 22.4 Å². The summed E-state index contributed by atoms with van der Waals surface area (Å²) >= 11 is 1.78. The van der Waals surface area contributed by atoms with Gasteiger partial charge in [-0.2, -0.15) is 0 Å². The molecular weight excluding hydrogens is 216 g/mol. The number of rotatable bonds is 3. The Labute approximate surface area is 102 Å². The average Bonchev–Trinajstić information content (AvgIpc) is 2.99. The Morgan fingerprint density at radius 1 is 1.31 bits per heavy atom. The standard InChI is InChI=1S/C14H20OS/c15-14(10-13-4-2-8-16-13)7-1-3-12(9-14)11-5-6-11/h2,4,8,11-12,15H,1,3,5-7,9-10H2. The van der Waals surface area contributed by atoms with E-state index in [0.717, 1.165) is 31.1 Å². The van der Waals surface area contributed by atoms with Crippen LogP contribution in [0.5, 0.6) is 0 Å². The van der Waals surface area contributed by atoms with Gasteiger partial charge in [-0.25, -0.2) is 0 Å². The predicted octanol–water partition coefficient (Wildman–Crippen LogP) is 3.62. The van der Waals surface area contributed by atoms with Gasteiger partial charge in [-0.1, -0.05) is 12.5 Å². The first-order valence-electron chi connectivity index (χ1n) is 6.50. The highest BCUT2D eigenvalue weighted by Gasteiger charge is 2.40. The van der Waals surface area contributed by atoms with Crippen LogP contribution in [0, 0.1) is 11.8 Å². The third kappa shape index (κ3) is 2.33. The van der Waals surface area contributed by atoms with Gasteiger partial charge in [0.2, 0.25) is 0 Å². The maximum absolute atomic E-state index is 10.7. The lowest BCUT2D eigenvalue weighted by Crippen LogP contribution is -2.37. The second-order valence-corrected chi connectivity index (χ2v) is 6.71. The maximum Gasteiger partial charge on any atom is 0.0698 e. The van der Waals surface area contributed by atoms with E-state index in [1.165, 1.54) is 30.6 Å². The zero-order chi connectivity index (χ0) is 11.0. The molecule has 1 N–H and O–H groups in total. The molecular formula is C14H20OS. The van der Waals surface area contributed by atoms with Crippen LogP contribution in [-0.2, 0) is 6.42 Å². The van der Waals surface area contributed by atoms with E-state index in [-0.39, 0.29) is 0 Å². The Bertz CT molecular complexity index is 342. The fourth-order valence-corrected chi connectivity index (χ4v) is 4.09. The minimum absolute atomic E-state index is 0.392. The molecule has 0 saturated heterocycles. The molecule has 2 fully saturated rings. The largest absolute Gasteiger partial charge is 0.390 e. The highest BCUT2D eigenvalue weighted by atomic mass is 32.1. The van der Waals surface area contributed by atoms with Crippen LogP contribution in [0.4, 0.5) is 0 Å². The van der Waals surface area contributed by atoms with Gasteiger partial charge in [-0.15, -0.1) is 11.3 Å². The molecule has 2 saturated carbocycles. The lowest BCUT2D eigenvalue weighted by molar-refractivity contribution is -0.0189. The molecule has 88 valence electrons. The van der Waals surface area contributed by atoms with E-state index in [1.807, 2.05) is 0 Å². The van der Waals surface area contributed by atoms with Gasteiger partial charge in [0.15, 0.2) is 0 Å². The van der Waals surface area contributed by atoms with Crippen molar-refractivity contribution in [1.82, 2.24) is 0 Å². The van der Waals surface area contributed by atoms with Gasteiger partial charge >= 0.3 is 0 Å². The molecule has 2 atom stereocenters. The molecule has 1 aromatic heterocycles. The topological polar surface area (TPSA) is 20.2 Å². The molecule has 0 spiro atoms. The first kappa shape index (κ1) is 10.8. The van der Waals surface area contributed by atoms with Crippen LogP contribution >= 0.6 is 11.3 Å². The van der Waals surface area contributed by atoms with Crippen molar-refractivity contribution in [2.45, 2.75) is 50.5 Å². The summed E-state index contributed by atoms with van der Waals surface area (Å²) < 4.78 is 0. The molecule has 2 aliphatic rings. The number of hydrogen-bond donors (Lipinski definition) is 1. The summed E-state index contributed by atoms with van der Waals surface area (Å²) in [6, 6.07) is 4.24. The smallest absolute Gasteiger partial charge is 0.0698 e. The maximum atomic E-state index is 10.7. The molecule has 0 radical (unpaired) electrons. The quantitative estimate of drug-likeness (QED) is 0.850. The zero-order valence-electron chi connectivity index (χ0n) is 9.69. The Hall–Kier alpha value is -0.340. The van der Waals surface area contributed by atoms with Crippen molar-refractivity contribution in [2.75, 3.05) is 0 Å². The number of hydrogen-bond acceptors (Lipinski definition) is 2. The highest BCUT2D eigenvalue weighted by molar-refractivity contribution is 7.09. The van der Waals surface area contributed by atoms with Crippen LogP contribution in [0.1, 0.15) is 43.4 Å². The van der Waals surface area contributed by atoms with Crippen LogP contribution in [0.15, 0.2) is 17.5 Å². The molecule has 0 aromatic carbocycles. The van der Waals surface area contributed by atoms with Crippen LogP contribution in [0.3, 0.4) is 0 Å². The first-order chi connectivity index (χ1) is 7.75. The molecule has 2 heteroatoms. The summed E-state index contributed by atoms with van der Waals surface area (Å²) in [5.74, 6) is 1.77. The van der Waals surface area contributed by atoms with E-state index < -0.39 is 5.60 Å². The second-order valence-electron chi connectivity index (χ2n) is 5.67. The van der Waals surface area contributed by atoms with E-state index in [1.54, 1.807) is 11.3 Å². The van der Waals surface area contributed by atoms with Gasteiger partial charge in [0.25, 0.3) is 0 Å². The Morgan fingerprint density at radius 3 is 2.88 bits per heavy atom. The lowest BCUT2D eigenvalue weighted by Gasteiger charge is -2.37. The molecule has 0 amide bonds. The molecule has 2 unspecified atom stereocenters. The summed E-state index contributed by atoms with van der Waals surface area (Å²) in [5, 5.41) is 12.8. The third-order valence-electron chi connectivity index (χ3n) is 4.23. The third-order valence-corrected chi connectivity index (χ3v) is 5.11. The molecule has 1 heterocycles. The second kappa shape index (κ2) is 4.15. The molecule has 16 heavy (non-hydrogen) atoms. The Morgan fingerprint density at radius 2 is 2.19 bits per heavy atom. The average molecular weight is 236 g/mol. The van der Waals surface area contributed by atoms with Crippen molar-refractivity contribution in [3.63, 3.8) is 0 Å². The molecule has 3 rings (SSSR count). The Kier molecular flexibility index (Phi) is 2.80. The van der Waals surface area contributed by atoms with Gasteiger partial charge in [-0.05, 0) is 55.4 Å². The minimum atomic E-state index is -0.392. The van der Waals surface area contributed by atoms with Crippen LogP contribution in [0.25, 0.3) is 0 Å². The van der Waals surface area contributed by atoms with E-state index >= 15 is 0 Å². The summed E-state index contributed by atoms with van der Waals surface area (Å²) in [6.07, 6.45) is 8.36. The normalized spacial score (nSPS) is 35.2. The van der Waals surface area contributed by atoms with Crippen LogP contribution in [0.2, 0.25) is 0 Å². The first-order valence-corrected chi connectivity index (χ1v) is 7.38. The van der Waals surface area contributed by atoms with Crippen molar-refractivity contribution >= 4 is 11.3 Å². The predicted molar refractivity (Wildman–Crippen MR) is 67.7 cm³/mol. The fourth-order valence-electron chi connectivity index (χ4n) is 3.25. The molecule has 0 bridgehead atoms. The summed E-state index contributed by atoms with van der Waals surface area (Å²) in [4.78, 5) is 1.35. The molecule has 1 aromatic rings. The fraction of sp³-hybridized carbons (Fsp3) is 0.714. The van der Waals surface area contributed by atoms with Gasteiger partial charge in [0.05, 0.1) is 5.60 Å². The van der Waals surface area contributed by atoms with Gasteiger partial charge in [0.1, 0.15) is 0 Å². The van der Waals surface area contributed by atoms with Gasteiger partial charge in [-0.3, -0.25) is 0 Å². The van der Waals surface area contributed by atoms with E-state index in [2.05, 4.69) is 17.5 Å². The van der Waals surface area contributed by atoms with E-state index in [0.29, 0.717) is 0 Å². The van der Waals surface area contributed by atoms with Crippen molar-refractivity contribution in [1.29, 1.82) is 0 Å². The molecule has 2 aliphatic carbocycles. The lowest BCUT2D eigenvalue weighted by atomic mass is 9.74. The number of thiophene rings is 1. The molecule has 0 aliphatic heterocycles. The van der Waals surface area contributed by atoms with Crippen LogP contribution in [-0.4, -0.2) is 10.7 Å². The van der Waals surface area contributed by atoms with E-state index in [9.17, 15) is 5.11 Å². The van der Waals surface area contributed by atoms with Crippen molar-refractivity contribution in [2.24, 2.45) is 11.8 Å². The van der Waals surface area contributed by atoms with Crippen molar-refractivity contribution in [3.8, 4) is 0 Å². The zero-order valence-corrected chi connectivity index (χ0v) is 10.5. The van der Waals surface area contributed by atoms with Gasteiger partial charge < -0.3 is 5.11 Å².